The zero-order valence-electron chi connectivity index (χ0n) is 9.73. The molecule has 0 fully saturated rings. The van der Waals surface area contributed by atoms with E-state index in [1.807, 2.05) is 6.92 Å². The number of rotatable bonds is 3. The third-order valence-corrected chi connectivity index (χ3v) is 2.15. The van der Waals surface area contributed by atoms with E-state index in [0.29, 0.717) is 17.9 Å². The van der Waals surface area contributed by atoms with Gasteiger partial charge in [0, 0.05) is 11.3 Å². The Balaban J connectivity index is 2.95. The summed E-state index contributed by atoms with van der Waals surface area (Å²) in [5, 5.41) is 14.0. The highest BCUT2D eigenvalue weighted by Gasteiger charge is 2.07. The van der Waals surface area contributed by atoms with Crippen molar-refractivity contribution < 1.29 is 14.7 Å². The van der Waals surface area contributed by atoms with Gasteiger partial charge in [-0.2, -0.15) is 0 Å². The average molecular weight is 237 g/mol. The second kappa shape index (κ2) is 5.74. The van der Waals surface area contributed by atoms with Crippen LogP contribution in [0.25, 0.3) is 0 Å². The first-order chi connectivity index (χ1) is 8.08. The molecule has 6 heteroatoms. The van der Waals surface area contributed by atoms with Crippen LogP contribution >= 0.6 is 0 Å². The molecule has 92 valence electrons. The van der Waals surface area contributed by atoms with Crippen LogP contribution in [0.5, 0.6) is 0 Å². The Morgan fingerprint density at radius 2 is 2.29 bits per heavy atom. The minimum atomic E-state index is -0.535. The van der Waals surface area contributed by atoms with Gasteiger partial charge in [-0.15, -0.1) is 0 Å². The van der Waals surface area contributed by atoms with Crippen LogP contribution in [0.15, 0.2) is 23.4 Å². The van der Waals surface area contributed by atoms with E-state index in [1.165, 1.54) is 0 Å². The molecule has 1 amide bonds. The predicted molar refractivity (Wildman–Crippen MR) is 64.3 cm³/mol. The maximum Gasteiger partial charge on any atom is 0.411 e. The number of ether oxygens (including phenoxy) is 1. The van der Waals surface area contributed by atoms with E-state index < -0.39 is 6.09 Å². The molecular formula is C11H15N3O3. The molecule has 0 aliphatic carbocycles. The van der Waals surface area contributed by atoms with E-state index in [4.69, 9.17) is 15.7 Å². The quantitative estimate of drug-likeness (QED) is 0.322. The Morgan fingerprint density at radius 3 is 2.88 bits per heavy atom. The van der Waals surface area contributed by atoms with Crippen molar-refractivity contribution in [1.82, 2.24) is 0 Å². The molecule has 17 heavy (non-hydrogen) atoms. The number of nitrogens with two attached hydrogens (primary N) is 1. The molecule has 0 bridgehead atoms. The number of anilines is 1. The lowest BCUT2D eigenvalue weighted by atomic mass is 10.1. The molecule has 4 N–H and O–H groups in total. The number of benzene rings is 1. The highest BCUT2D eigenvalue weighted by molar-refractivity contribution is 5.99. The summed E-state index contributed by atoms with van der Waals surface area (Å²) in [5.74, 6) is -0.0168. The number of aryl methyl sites for hydroxylation is 1. The number of nitrogens with one attached hydrogen (secondary N) is 1. The fourth-order valence-electron chi connectivity index (χ4n) is 1.25. The zero-order chi connectivity index (χ0) is 12.8. The molecule has 0 saturated carbocycles. The largest absolute Gasteiger partial charge is 0.450 e. The number of carbonyl (C=O) groups excluding carboxylic acids is 1. The molecule has 0 aromatic heterocycles. The monoisotopic (exact) mass is 237 g/mol. The molecule has 0 aliphatic rings. The zero-order valence-corrected chi connectivity index (χ0v) is 9.73. The van der Waals surface area contributed by atoms with E-state index in [1.54, 1.807) is 25.1 Å². The topological polar surface area (TPSA) is 96.9 Å². The number of carbonyl (C=O) groups is 1. The number of oxime groups is 1. The van der Waals surface area contributed by atoms with Crippen molar-refractivity contribution in [1.29, 1.82) is 0 Å². The second-order valence-electron chi connectivity index (χ2n) is 3.36. The molecule has 0 atom stereocenters. The number of amides is 1. The van der Waals surface area contributed by atoms with Gasteiger partial charge in [0.1, 0.15) is 0 Å². The van der Waals surface area contributed by atoms with E-state index in [0.717, 1.165) is 5.56 Å². The fourth-order valence-corrected chi connectivity index (χ4v) is 1.25. The van der Waals surface area contributed by atoms with Crippen molar-refractivity contribution in [2.75, 3.05) is 11.9 Å². The maximum absolute atomic E-state index is 11.3. The fraction of sp³-hybridized carbons (Fsp3) is 0.273. The van der Waals surface area contributed by atoms with Crippen molar-refractivity contribution in [2.24, 2.45) is 10.9 Å². The summed E-state index contributed by atoms with van der Waals surface area (Å²) in [7, 11) is 0. The number of amidine groups is 1. The Hall–Kier alpha value is -2.24. The first-order valence-electron chi connectivity index (χ1n) is 5.10. The van der Waals surface area contributed by atoms with Crippen LogP contribution in [0.3, 0.4) is 0 Å². The van der Waals surface area contributed by atoms with Crippen LogP contribution in [-0.2, 0) is 4.74 Å². The minimum Gasteiger partial charge on any atom is -0.450 e. The minimum absolute atomic E-state index is 0.0168. The first-order valence-corrected chi connectivity index (χ1v) is 5.10. The molecule has 0 radical (unpaired) electrons. The number of hydrogen-bond donors (Lipinski definition) is 3. The van der Waals surface area contributed by atoms with E-state index in [2.05, 4.69) is 10.5 Å². The van der Waals surface area contributed by atoms with E-state index in [9.17, 15) is 4.79 Å². The molecular weight excluding hydrogens is 222 g/mol. The lowest BCUT2D eigenvalue weighted by Gasteiger charge is -2.09. The molecule has 0 unspecified atom stereocenters. The maximum atomic E-state index is 11.3. The highest BCUT2D eigenvalue weighted by Crippen LogP contribution is 2.17. The standard InChI is InChI=1S/C11H15N3O3/c1-3-17-11(15)13-9-6-8(10(12)14-16)5-4-7(9)2/h4-6,16H,3H2,1-2H3,(H2,12,14)(H,13,15). The smallest absolute Gasteiger partial charge is 0.411 e. The Labute approximate surface area is 99.1 Å². The highest BCUT2D eigenvalue weighted by atomic mass is 16.5. The van der Waals surface area contributed by atoms with Crippen LogP contribution in [0.4, 0.5) is 10.5 Å². The van der Waals surface area contributed by atoms with Gasteiger partial charge in [-0.05, 0) is 25.5 Å². The van der Waals surface area contributed by atoms with Gasteiger partial charge in [-0.25, -0.2) is 4.79 Å². The van der Waals surface area contributed by atoms with Crippen LogP contribution in [-0.4, -0.2) is 23.7 Å². The second-order valence-corrected chi connectivity index (χ2v) is 3.36. The van der Waals surface area contributed by atoms with Crippen LogP contribution in [0, 0.1) is 6.92 Å². The lowest BCUT2D eigenvalue weighted by Crippen LogP contribution is -2.16. The predicted octanol–water partition coefficient (Wildman–Crippen LogP) is 1.66. The summed E-state index contributed by atoms with van der Waals surface area (Å²) in [6, 6.07) is 5.07. The van der Waals surface area contributed by atoms with Gasteiger partial charge in [-0.3, -0.25) is 5.32 Å². The third kappa shape index (κ3) is 3.37. The van der Waals surface area contributed by atoms with Crippen molar-refractivity contribution >= 4 is 17.6 Å². The van der Waals surface area contributed by atoms with E-state index in [-0.39, 0.29) is 5.84 Å². The van der Waals surface area contributed by atoms with Crippen molar-refractivity contribution in [3.63, 3.8) is 0 Å². The van der Waals surface area contributed by atoms with Crippen molar-refractivity contribution in [3.8, 4) is 0 Å². The molecule has 1 rings (SSSR count). The number of hydrogen-bond acceptors (Lipinski definition) is 4. The Kier molecular flexibility index (Phi) is 4.33. The summed E-state index contributed by atoms with van der Waals surface area (Å²) in [5.41, 5.74) is 7.39. The Morgan fingerprint density at radius 1 is 1.59 bits per heavy atom. The summed E-state index contributed by atoms with van der Waals surface area (Å²) in [6.45, 7) is 3.85. The van der Waals surface area contributed by atoms with E-state index >= 15 is 0 Å². The lowest BCUT2D eigenvalue weighted by molar-refractivity contribution is 0.168. The van der Waals surface area contributed by atoms with Crippen LogP contribution in [0.2, 0.25) is 0 Å². The molecule has 0 saturated heterocycles. The van der Waals surface area contributed by atoms with Gasteiger partial charge in [0.15, 0.2) is 5.84 Å². The normalized spacial score (nSPS) is 11.1. The Bertz CT molecular complexity index is 444. The first kappa shape index (κ1) is 12.8. The molecule has 0 heterocycles. The van der Waals surface area contributed by atoms with Crippen LogP contribution in [0.1, 0.15) is 18.1 Å². The van der Waals surface area contributed by atoms with Gasteiger partial charge in [-0.1, -0.05) is 17.3 Å². The van der Waals surface area contributed by atoms with Crippen molar-refractivity contribution in [3.05, 3.63) is 29.3 Å². The van der Waals surface area contributed by atoms with Gasteiger partial charge >= 0.3 is 6.09 Å². The van der Waals surface area contributed by atoms with Gasteiger partial charge in [0.25, 0.3) is 0 Å². The molecule has 0 spiro atoms. The van der Waals surface area contributed by atoms with Gasteiger partial charge in [0.2, 0.25) is 0 Å². The third-order valence-electron chi connectivity index (χ3n) is 2.15. The molecule has 6 nitrogen and oxygen atoms in total. The summed E-state index contributed by atoms with van der Waals surface area (Å²) in [6.07, 6.45) is -0.535. The van der Waals surface area contributed by atoms with Gasteiger partial charge < -0.3 is 15.7 Å². The SMILES string of the molecule is CCOC(=O)Nc1cc(C(N)=NO)ccc1C. The molecule has 1 aromatic carbocycles. The molecule has 0 aliphatic heterocycles. The van der Waals surface area contributed by atoms with Crippen molar-refractivity contribution in [2.45, 2.75) is 13.8 Å². The average Bonchev–Trinajstić information content (AvgIpc) is 2.31. The number of nitrogens with zero attached hydrogens (tertiary/aromatic N) is 1. The van der Waals surface area contributed by atoms with Crippen LogP contribution < -0.4 is 11.1 Å². The summed E-state index contributed by atoms with van der Waals surface area (Å²) in [4.78, 5) is 11.3. The summed E-state index contributed by atoms with van der Waals surface area (Å²) >= 11 is 0. The molecule has 1 aromatic rings. The summed E-state index contributed by atoms with van der Waals surface area (Å²) < 4.78 is 4.77. The van der Waals surface area contributed by atoms with Gasteiger partial charge in [0.05, 0.1) is 6.61 Å².